The predicted molar refractivity (Wildman–Crippen MR) is 45.2 cm³/mol. The van der Waals surface area contributed by atoms with E-state index in [1.165, 1.54) is 0 Å². The van der Waals surface area contributed by atoms with Gasteiger partial charge in [-0.2, -0.15) is 10.1 Å². The number of aromatic nitrogens is 3. The van der Waals surface area contributed by atoms with Crippen molar-refractivity contribution < 1.29 is 4.74 Å². The molecule has 0 bridgehead atoms. The van der Waals surface area contributed by atoms with Crippen molar-refractivity contribution in [2.24, 2.45) is 0 Å². The quantitative estimate of drug-likeness (QED) is 0.688. The molecule has 2 aromatic heterocycles. The van der Waals surface area contributed by atoms with Gasteiger partial charge < -0.3 is 4.74 Å². The number of methoxy groups -OCH3 is 1. The van der Waals surface area contributed by atoms with Crippen molar-refractivity contribution in [2.45, 2.75) is 6.92 Å². The monoisotopic (exact) mass is 163 g/mol. The number of rotatable bonds is 1. The predicted octanol–water partition coefficient (Wildman–Crippen LogP) is 1.27. The van der Waals surface area contributed by atoms with Crippen molar-refractivity contribution in [3.05, 3.63) is 17.8 Å². The molecule has 0 aliphatic carbocycles. The largest absolute Gasteiger partial charge is 0.481 e. The molecule has 0 aromatic carbocycles. The number of nitrogens with zero attached hydrogens (tertiary/aromatic N) is 2. The van der Waals surface area contributed by atoms with E-state index >= 15 is 0 Å². The smallest absolute Gasteiger partial charge is 0.214 e. The van der Waals surface area contributed by atoms with Crippen LogP contribution in [0.25, 0.3) is 11.0 Å². The fraction of sp³-hybridized carbons (Fsp3) is 0.250. The second-order valence-corrected chi connectivity index (χ2v) is 2.56. The van der Waals surface area contributed by atoms with Crippen LogP contribution in [0.15, 0.2) is 12.1 Å². The van der Waals surface area contributed by atoms with Crippen LogP contribution in [0.2, 0.25) is 0 Å². The van der Waals surface area contributed by atoms with Crippen molar-refractivity contribution in [2.75, 3.05) is 7.11 Å². The summed E-state index contributed by atoms with van der Waals surface area (Å²) in [5, 5.41) is 7.89. The van der Waals surface area contributed by atoms with Crippen molar-refractivity contribution in [3.63, 3.8) is 0 Å². The first kappa shape index (κ1) is 7.09. The Morgan fingerprint density at radius 3 is 3.00 bits per heavy atom. The average Bonchev–Trinajstić information content (AvgIpc) is 2.47. The summed E-state index contributed by atoms with van der Waals surface area (Å²) in [4.78, 5) is 4.17. The van der Waals surface area contributed by atoms with Gasteiger partial charge in [-0.15, -0.1) is 0 Å². The molecule has 0 atom stereocenters. The van der Waals surface area contributed by atoms with E-state index in [1.54, 1.807) is 7.11 Å². The van der Waals surface area contributed by atoms with Crippen molar-refractivity contribution in [1.29, 1.82) is 0 Å². The maximum Gasteiger partial charge on any atom is 0.214 e. The van der Waals surface area contributed by atoms with Crippen molar-refractivity contribution in [1.82, 2.24) is 15.2 Å². The highest BCUT2D eigenvalue weighted by atomic mass is 16.5. The lowest BCUT2D eigenvalue weighted by Crippen LogP contribution is -1.86. The molecule has 4 nitrogen and oxygen atoms in total. The van der Waals surface area contributed by atoms with E-state index in [1.807, 2.05) is 19.1 Å². The number of hydrogen-bond donors (Lipinski definition) is 1. The van der Waals surface area contributed by atoms with Gasteiger partial charge in [0.15, 0.2) is 5.65 Å². The van der Waals surface area contributed by atoms with Crippen LogP contribution in [0.5, 0.6) is 5.88 Å². The molecule has 0 aliphatic heterocycles. The van der Waals surface area contributed by atoms with E-state index in [0.29, 0.717) is 5.88 Å². The molecule has 0 aliphatic rings. The first-order valence-corrected chi connectivity index (χ1v) is 3.67. The Morgan fingerprint density at radius 1 is 1.42 bits per heavy atom. The van der Waals surface area contributed by atoms with E-state index in [4.69, 9.17) is 4.74 Å². The molecule has 0 saturated heterocycles. The van der Waals surface area contributed by atoms with Crippen LogP contribution in [-0.2, 0) is 0 Å². The van der Waals surface area contributed by atoms with E-state index in [2.05, 4.69) is 15.2 Å². The van der Waals surface area contributed by atoms with Gasteiger partial charge >= 0.3 is 0 Å². The van der Waals surface area contributed by atoms with Gasteiger partial charge in [0, 0.05) is 11.5 Å². The minimum atomic E-state index is 0.603. The molecule has 1 N–H and O–H groups in total. The maximum absolute atomic E-state index is 4.97. The Labute approximate surface area is 69.6 Å². The minimum absolute atomic E-state index is 0.603. The van der Waals surface area contributed by atoms with Gasteiger partial charge in [-0.3, -0.25) is 5.10 Å². The fourth-order valence-electron chi connectivity index (χ4n) is 1.13. The Kier molecular flexibility index (Phi) is 1.46. The molecule has 2 heterocycles. The molecule has 0 fully saturated rings. The van der Waals surface area contributed by atoms with Gasteiger partial charge in [0.2, 0.25) is 5.88 Å². The standard InChI is InChI=1S/C8H9N3O/c1-5-6-3-4-7(12-2)9-8(6)11-10-5/h3-4H,1-2H3,(H,9,10,11). The second kappa shape index (κ2) is 2.48. The number of H-pyrrole nitrogens is 1. The topological polar surface area (TPSA) is 50.8 Å². The average molecular weight is 163 g/mol. The number of aromatic amines is 1. The lowest BCUT2D eigenvalue weighted by molar-refractivity contribution is 0.399. The molecular weight excluding hydrogens is 154 g/mol. The van der Waals surface area contributed by atoms with Crippen LogP contribution in [0.4, 0.5) is 0 Å². The van der Waals surface area contributed by atoms with E-state index < -0.39 is 0 Å². The Balaban J connectivity index is 2.69. The summed E-state index contributed by atoms with van der Waals surface area (Å²) in [6, 6.07) is 3.77. The molecule has 0 radical (unpaired) electrons. The normalized spacial score (nSPS) is 10.5. The molecule has 0 spiro atoms. The summed E-state index contributed by atoms with van der Waals surface area (Å²) >= 11 is 0. The third-order valence-electron chi connectivity index (χ3n) is 1.80. The van der Waals surface area contributed by atoms with E-state index in [0.717, 1.165) is 16.7 Å². The Bertz CT molecular complexity index is 408. The highest BCUT2D eigenvalue weighted by Crippen LogP contribution is 2.16. The molecule has 0 saturated carbocycles. The van der Waals surface area contributed by atoms with E-state index in [-0.39, 0.29) is 0 Å². The molecule has 62 valence electrons. The molecule has 2 rings (SSSR count). The van der Waals surface area contributed by atoms with Crippen LogP contribution < -0.4 is 4.74 Å². The summed E-state index contributed by atoms with van der Waals surface area (Å²) in [6.07, 6.45) is 0. The van der Waals surface area contributed by atoms with Crippen LogP contribution in [0.3, 0.4) is 0 Å². The summed E-state index contributed by atoms with van der Waals surface area (Å²) in [5.74, 6) is 0.603. The number of hydrogen-bond acceptors (Lipinski definition) is 3. The van der Waals surface area contributed by atoms with Crippen molar-refractivity contribution in [3.8, 4) is 5.88 Å². The molecule has 4 heteroatoms. The maximum atomic E-state index is 4.97. The van der Waals surface area contributed by atoms with Crippen LogP contribution in [-0.4, -0.2) is 22.3 Å². The number of nitrogens with one attached hydrogen (secondary N) is 1. The first-order chi connectivity index (χ1) is 5.81. The zero-order chi connectivity index (χ0) is 8.55. The van der Waals surface area contributed by atoms with Crippen molar-refractivity contribution >= 4 is 11.0 Å². The number of pyridine rings is 1. The molecule has 0 amide bonds. The Morgan fingerprint density at radius 2 is 2.25 bits per heavy atom. The van der Waals surface area contributed by atoms with Gasteiger partial charge in [0.25, 0.3) is 0 Å². The van der Waals surface area contributed by atoms with Crippen LogP contribution in [0, 0.1) is 6.92 Å². The summed E-state index contributed by atoms with van der Waals surface area (Å²) in [7, 11) is 1.59. The highest BCUT2D eigenvalue weighted by Gasteiger charge is 2.02. The minimum Gasteiger partial charge on any atom is -0.481 e. The number of fused-ring (bicyclic) bond motifs is 1. The van der Waals surface area contributed by atoms with Gasteiger partial charge in [-0.1, -0.05) is 0 Å². The van der Waals surface area contributed by atoms with Gasteiger partial charge in [-0.05, 0) is 13.0 Å². The van der Waals surface area contributed by atoms with Gasteiger partial charge in [-0.25, -0.2) is 0 Å². The first-order valence-electron chi connectivity index (χ1n) is 3.67. The second-order valence-electron chi connectivity index (χ2n) is 2.56. The summed E-state index contributed by atoms with van der Waals surface area (Å²) in [6.45, 7) is 1.94. The SMILES string of the molecule is COc1ccc2c(C)n[nH]c2n1. The van der Waals surface area contributed by atoms with Crippen LogP contribution in [0.1, 0.15) is 5.69 Å². The fourth-order valence-corrected chi connectivity index (χ4v) is 1.13. The van der Waals surface area contributed by atoms with Gasteiger partial charge in [0.05, 0.1) is 12.8 Å². The molecular formula is C8H9N3O. The zero-order valence-corrected chi connectivity index (χ0v) is 6.96. The number of ether oxygens (including phenoxy) is 1. The lowest BCUT2D eigenvalue weighted by Gasteiger charge is -1.96. The molecule has 0 unspecified atom stereocenters. The Hall–Kier alpha value is -1.58. The lowest BCUT2D eigenvalue weighted by atomic mass is 10.3. The number of aryl methyl sites for hydroxylation is 1. The highest BCUT2D eigenvalue weighted by molar-refractivity contribution is 5.77. The third kappa shape index (κ3) is 0.922. The van der Waals surface area contributed by atoms with Gasteiger partial charge in [0.1, 0.15) is 0 Å². The molecule has 12 heavy (non-hydrogen) atoms. The summed E-state index contributed by atoms with van der Waals surface area (Å²) in [5.41, 5.74) is 1.73. The third-order valence-corrected chi connectivity index (χ3v) is 1.80. The van der Waals surface area contributed by atoms with Crippen LogP contribution >= 0.6 is 0 Å². The summed E-state index contributed by atoms with van der Waals surface area (Å²) < 4.78 is 4.97. The molecule has 2 aromatic rings. The van der Waals surface area contributed by atoms with E-state index in [9.17, 15) is 0 Å². The zero-order valence-electron chi connectivity index (χ0n) is 6.96.